The summed E-state index contributed by atoms with van der Waals surface area (Å²) in [5, 5.41) is 3.78. The molecule has 2 fully saturated rings. The number of rotatable bonds is 7. The molecular weight excluding hydrogens is 346 g/mol. The van der Waals surface area contributed by atoms with E-state index in [1.54, 1.807) is 0 Å². The first kappa shape index (κ1) is 19.8. The van der Waals surface area contributed by atoms with E-state index in [1.807, 2.05) is 0 Å². The Bertz CT molecular complexity index is 656. The zero-order chi connectivity index (χ0) is 19.1. The van der Waals surface area contributed by atoms with E-state index in [0.29, 0.717) is 0 Å². The minimum atomic E-state index is 0.260. The fourth-order valence-corrected chi connectivity index (χ4v) is 4.82. The predicted molar refractivity (Wildman–Crippen MR) is 115 cm³/mol. The molecular formula is C24H35N3O. The highest BCUT2D eigenvalue weighted by molar-refractivity contribution is 5.23. The van der Waals surface area contributed by atoms with Crippen LogP contribution >= 0.6 is 0 Å². The van der Waals surface area contributed by atoms with E-state index in [4.69, 9.17) is 4.74 Å². The molecule has 0 amide bonds. The number of ether oxygens (including phenoxy) is 1. The summed E-state index contributed by atoms with van der Waals surface area (Å²) in [4.78, 5) is 5.36. The molecule has 0 saturated carbocycles. The van der Waals surface area contributed by atoms with Crippen molar-refractivity contribution < 1.29 is 4.74 Å². The van der Waals surface area contributed by atoms with E-state index >= 15 is 0 Å². The third-order valence-electron chi connectivity index (χ3n) is 6.57. The normalized spacial score (nSPS) is 23.5. The third kappa shape index (κ3) is 5.12. The van der Waals surface area contributed by atoms with Crippen LogP contribution in [0.15, 0.2) is 54.1 Å². The lowest BCUT2D eigenvalue weighted by Gasteiger charge is -2.50. The van der Waals surface area contributed by atoms with Crippen LogP contribution in [0.4, 0.5) is 0 Å². The quantitative estimate of drug-likeness (QED) is 0.785. The van der Waals surface area contributed by atoms with Gasteiger partial charge >= 0.3 is 0 Å². The molecule has 2 heterocycles. The zero-order valence-corrected chi connectivity index (χ0v) is 17.1. The highest BCUT2D eigenvalue weighted by atomic mass is 16.5. The van der Waals surface area contributed by atoms with Crippen LogP contribution in [0.3, 0.4) is 0 Å². The van der Waals surface area contributed by atoms with Crippen molar-refractivity contribution in [2.45, 2.75) is 37.8 Å². The Kier molecular flexibility index (Phi) is 6.97. The van der Waals surface area contributed by atoms with Gasteiger partial charge in [0.2, 0.25) is 0 Å². The van der Waals surface area contributed by atoms with Gasteiger partial charge in [0.1, 0.15) is 0 Å². The Balaban J connectivity index is 1.31. The lowest BCUT2D eigenvalue weighted by Crippen LogP contribution is -2.62. The lowest BCUT2D eigenvalue weighted by atomic mass is 9.87. The molecule has 28 heavy (non-hydrogen) atoms. The predicted octanol–water partition coefficient (Wildman–Crippen LogP) is 3.22. The minimum absolute atomic E-state index is 0.260. The molecule has 4 heteroatoms. The van der Waals surface area contributed by atoms with Crippen LogP contribution in [-0.4, -0.2) is 67.8 Å². The molecule has 0 spiro atoms. The molecule has 2 aliphatic heterocycles. The molecule has 1 aliphatic carbocycles. The Labute approximate surface area is 170 Å². The van der Waals surface area contributed by atoms with Crippen LogP contribution in [0.5, 0.6) is 0 Å². The number of allylic oxidation sites excluding steroid dienone is 2. The van der Waals surface area contributed by atoms with Gasteiger partial charge in [0, 0.05) is 64.6 Å². The van der Waals surface area contributed by atoms with Crippen molar-refractivity contribution >= 4 is 0 Å². The maximum atomic E-state index is 5.72. The molecule has 0 bridgehead atoms. The third-order valence-corrected chi connectivity index (χ3v) is 6.57. The molecule has 4 nitrogen and oxygen atoms in total. The molecule has 1 aromatic carbocycles. The van der Waals surface area contributed by atoms with Gasteiger partial charge in [-0.15, -0.1) is 0 Å². The number of nitrogens with one attached hydrogen (secondary N) is 1. The molecule has 1 N–H and O–H groups in total. The summed E-state index contributed by atoms with van der Waals surface area (Å²) < 4.78 is 5.72. The van der Waals surface area contributed by atoms with E-state index in [1.165, 1.54) is 24.0 Å². The van der Waals surface area contributed by atoms with Gasteiger partial charge in [0.15, 0.2) is 0 Å². The van der Waals surface area contributed by atoms with Crippen molar-refractivity contribution in [1.82, 2.24) is 15.1 Å². The highest BCUT2D eigenvalue weighted by Crippen LogP contribution is 2.29. The summed E-state index contributed by atoms with van der Waals surface area (Å²) in [6.07, 6.45) is 11.6. The number of benzene rings is 1. The van der Waals surface area contributed by atoms with E-state index in [-0.39, 0.29) is 5.54 Å². The number of hydrogen-bond donors (Lipinski definition) is 1. The topological polar surface area (TPSA) is 27.7 Å². The first-order valence-corrected chi connectivity index (χ1v) is 11.0. The molecule has 3 aliphatic rings. The first-order chi connectivity index (χ1) is 13.8. The molecule has 2 saturated heterocycles. The van der Waals surface area contributed by atoms with Crippen LogP contribution in [-0.2, 0) is 11.3 Å². The molecule has 152 valence electrons. The first-order valence-electron chi connectivity index (χ1n) is 11.0. The van der Waals surface area contributed by atoms with Crippen LogP contribution < -0.4 is 5.32 Å². The smallest absolute Gasteiger partial charge is 0.0484 e. The van der Waals surface area contributed by atoms with Crippen molar-refractivity contribution in [1.29, 1.82) is 0 Å². The summed E-state index contributed by atoms with van der Waals surface area (Å²) in [5.41, 5.74) is 3.13. The summed E-state index contributed by atoms with van der Waals surface area (Å²) in [6, 6.07) is 10.9. The van der Waals surface area contributed by atoms with Gasteiger partial charge in [-0.2, -0.15) is 0 Å². The number of hydrogen-bond acceptors (Lipinski definition) is 4. The van der Waals surface area contributed by atoms with Crippen molar-refractivity contribution in [2.75, 3.05) is 52.5 Å². The van der Waals surface area contributed by atoms with Gasteiger partial charge in [-0.1, -0.05) is 48.6 Å². The van der Waals surface area contributed by atoms with Gasteiger partial charge in [0.05, 0.1) is 0 Å². The monoisotopic (exact) mass is 381 g/mol. The molecule has 0 unspecified atom stereocenters. The molecule has 0 aromatic heterocycles. The number of nitrogens with zero attached hydrogens (tertiary/aromatic N) is 2. The molecule has 0 radical (unpaired) electrons. The largest absolute Gasteiger partial charge is 0.381 e. The summed E-state index contributed by atoms with van der Waals surface area (Å²) in [6.45, 7) is 9.57. The maximum Gasteiger partial charge on any atom is 0.0484 e. The number of piperazine rings is 1. The van der Waals surface area contributed by atoms with E-state index in [0.717, 1.165) is 71.9 Å². The van der Waals surface area contributed by atoms with Crippen molar-refractivity contribution in [3.05, 3.63) is 59.7 Å². The lowest BCUT2D eigenvalue weighted by molar-refractivity contribution is -0.0469. The van der Waals surface area contributed by atoms with Gasteiger partial charge < -0.3 is 10.1 Å². The highest BCUT2D eigenvalue weighted by Gasteiger charge is 2.39. The van der Waals surface area contributed by atoms with Crippen LogP contribution in [0.2, 0.25) is 0 Å². The maximum absolute atomic E-state index is 5.72. The van der Waals surface area contributed by atoms with Crippen LogP contribution in [0.1, 0.15) is 31.2 Å². The second-order valence-electron chi connectivity index (χ2n) is 8.45. The second kappa shape index (κ2) is 9.84. The van der Waals surface area contributed by atoms with Crippen molar-refractivity contribution in [3.8, 4) is 0 Å². The molecule has 1 aromatic rings. The van der Waals surface area contributed by atoms with Crippen LogP contribution in [0.25, 0.3) is 0 Å². The van der Waals surface area contributed by atoms with Gasteiger partial charge in [0.25, 0.3) is 0 Å². The fourth-order valence-electron chi connectivity index (χ4n) is 4.82. The average molecular weight is 382 g/mol. The summed E-state index contributed by atoms with van der Waals surface area (Å²) in [7, 11) is 0. The average Bonchev–Trinajstić information content (AvgIpc) is 2.76. The minimum Gasteiger partial charge on any atom is -0.381 e. The van der Waals surface area contributed by atoms with E-state index in [9.17, 15) is 0 Å². The summed E-state index contributed by atoms with van der Waals surface area (Å²) in [5.74, 6) is 0. The van der Waals surface area contributed by atoms with E-state index in [2.05, 4.69) is 63.7 Å². The molecule has 0 atom stereocenters. The Morgan fingerprint density at radius 2 is 1.75 bits per heavy atom. The second-order valence-corrected chi connectivity index (χ2v) is 8.45. The Hall–Kier alpha value is -1.46. The van der Waals surface area contributed by atoms with Gasteiger partial charge in [-0.3, -0.25) is 9.80 Å². The van der Waals surface area contributed by atoms with Crippen molar-refractivity contribution in [3.63, 3.8) is 0 Å². The summed E-state index contributed by atoms with van der Waals surface area (Å²) >= 11 is 0. The molecule has 4 rings (SSSR count). The standard InChI is InChI=1S/C24H35N3O/c1-3-7-22(8-4-1)19-25-21-24(11-17-28-18-12-24)27-15-13-26(14-16-27)20-23-9-5-2-6-10-23/h2-3,5-10,25H,1,4,11-21H2. The fraction of sp³-hybridized carbons (Fsp3) is 0.583. The SMILES string of the molecule is C1=CC(CNCC2(N3CCN(Cc4ccccc4)CC3)CCOCC2)=CCC1. The Morgan fingerprint density at radius 1 is 0.964 bits per heavy atom. The van der Waals surface area contributed by atoms with Gasteiger partial charge in [-0.25, -0.2) is 0 Å². The Morgan fingerprint density at radius 3 is 2.46 bits per heavy atom. The van der Waals surface area contributed by atoms with Crippen LogP contribution in [0, 0.1) is 0 Å². The van der Waals surface area contributed by atoms with Crippen molar-refractivity contribution in [2.24, 2.45) is 0 Å². The van der Waals surface area contributed by atoms with Gasteiger partial charge in [-0.05, 0) is 36.8 Å². The van der Waals surface area contributed by atoms with E-state index < -0.39 is 0 Å². The zero-order valence-electron chi connectivity index (χ0n) is 17.1.